The first-order chi connectivity index (χ1) is 14.1. The Morgan fingerprint density at radius 3 is 2.17 bits per heavy atom. The molecule has 0 unspecified atom stereocenters. The van der Waals surface area contributed by atoms with Crippen molar-refractivity contribution in [1.82, 2.24) is 9.29 Å². The Labute approximate surface area is 180 Å². The van der Waals surface area contributed by atoms with Crippen LogP contribution in [0.2, 0.25) is 5.02 Å². The number of Topliss-reactive ketones (excluding diaryl/α,β-unsaturated/α-hetero) is 1. The highest BCUT2D eigenvalue weighted by atomic mass is 35.5. The van der Waals surface area contributed by atoms with Gasteiger partial charge in [0.2, 0.25) is 5.91 Å². The van der Waals surface area contributed by atoms with E-state index >= 15 is 0 Å². The van der Waals surface area contributed by atoms with Gasteiger partial charge in [-0.15, -0.1) is 0 Å². The van der Waals surface area contributed by atoms with Gasteiger partial charge in [0.25, 0.3) is 10.0 Å². The van der Waals surface area contributed by atoms with E-state index in [4.69, 9.17) is 11.6 Å². The molecule has 0 radical (unpaired) electrons. The first-order valence-corrected chi connectivity index (χ1v) is 11.2. The van der Waals surface area contributed by atoms with Crippen LogP contribution in [0, 0.1) is 6.92 Å². The van der Waals surface area contributed by atoms with Crippen LogP contribution in [0.15, 0.2) is 59.5 Å². The minimum atomic E-state index is -3.93. The van der Waals surface area contributed by atoms with Gasteiger partial charge in [0.15, 0.2) is 5.78 Å². The smallest absolute Gasteiger partial charge is 0.264 e. The third-order valence-electron chi connectivity index (χ3n) is 4.69. The van der Waals surface area contributed by atoms with Crippen molar-refractivity contribution in [1.29, 1.82) is 0 Å². The van der Waals surface area contributed by atoms with E-state index in [0.717, 1.165) is 23.9 Å². The van der Waals surface area contributed by atoms with Gasteiger partial charge in [-0.1, -0.05) is 30.7 Å². The van der Waals surface area contributed by atoms with Crippen molar-refractivity contribution in [3.05, 3.63) is 70.9 Å². The molecule has 2 aromatic carbocycles. The number of ketones is 1. The van der Waals surface area contributed by atoms with E-state index in [9.17, 15) is 18.0 Å². The molecule has 8 heteroatoms. The minimum absolute atomic E-state index is 0.0197. The summed E-state index contributed by atoms with van der Waals surface area (Å²) in [6.07, 6.45) is 0.374. The van der Waals surface area contributed by atoms with Gasteiger partial charge in [0, 0.05) is 35.3 Å². The van der Waals surface area contributed by atoms with Crippen molar-refractivity contribution < 1.29 is 18.0 Å². The Balaban J connectivity index is 2.15. The van der Waals surface area contributed by atoms with Gasteiger partial charge in [-0.2, -0.15) is 0 Å². The molecule has 0 bridgehead atoms. The molecule has 0 aliphatic carbocycles. The summed E-state index contributed by atoms with van der Waals surface area (Å²) in [4.78, 5) is 23.6. The molecule has 156 valence electrons. The maximum Gasteiger partial charge on any atom is 0.264 e. The van der Waals surface area contributed by atoms with Crippen LogP contribution in [0.3, 0.4) is 0 Å². The molecule has 6 nitrogen and oxygen atoms in total. The van der Waals surface area contributed by atoms with E-state index in [1.54, 1.807) is 24.3 Å². The van der Waals surface area contributed by atoms with Gasteiger partial charge in [-0.25, -0.2) is 13.1 Å². The molecule has 3 rings (SSSR count). The van der Waals surface area contributed by atoms with Crippen LogP contribution in [0.5, 0.6) is 0 Å². The molecule has 0 spiro atoms. The fourth-order valence-corrected chi connectivity index (χ4v) is 4.38. The van der Waals surface area contributed by atoms with Crippen LogP contribution < -0.4 is 4.72 Å². The second kappa shape index (κ2) is 8.45. The number of nitrogens with zero attached hydrogens (tertiary/aromatic N) is 1. The lowest BCUT2D eigenvalue weighted by molar-refractivity contribution is -0.117. The van der Waals surface area contributed by atoms with Crippen molar-refractivity contribution in [2.24, 2.45) is 0 Å². The number of hydrogen-bond acceptors (Lipinski definition) is 4. The fraction of sp³-hybridized carbons (Fsp3) is 0.182. The normalized spacial score (nSPS) is 11.3. The highest BCUT2D eigenvalue weighted by molar-refractivity contribution is 7.90. The van der Waals surface area contributed by atoms with Crippen molar-refractivity contribution in [2.75, 3.05) is 0 Å². The number of sulfonamides is 1. The SMILES string of the molecule is CCC(=O)c1cc(-c2ccc(Cl)cc2)n(-c2ccc(S(=O)(=O)NC(C)=O)cc2)c1C. The summed E-state index contributed by atoms with van der Waals surface area (Å²) in [5.74, 6) is -0.639. The number of amides is 1. The molecular weight excluding hydrogens is 424 g/mol. The third-order valence-corrected chi connectivity index (χ3v) is 6.39. The molecule has 0 saturated carbocycles. The Hall–Kier alpha value is -2.90. The summed E-state index contributed by atoms with van der Waals surface area (Å²) in [7, 11) is -3.93. The lowest BCUT2D eigenvalue weighted by Gasteiger charge is -2.13. The molecule has 0 aliphatic heterocycles. The molecule has 1 heterocycles. The predicted octanol–water partition coefficient (Wildman–Crippen LogP) is 4.52. The van der Waals surface area contributed by atoms with Crippen LogP contribution in [0.4, 0.5) is 0 Å². The summed E-state index contributed by atoms with van der Waals surface area (Å²) >= 11 is 6.01. The monoisotopic (exact) mass is 444 g/mol. The first kappa shape index (κ1) is 21.8. The van der Waals surface area contributed by atoms with Crippen molar-refractivity contribution in [2.45, 2.75) is 32.1 Å². The van der Waals surface area contributed by atoms with Crippen LogP contribution >= 0.6 is 11.6 Å². The van der Waals surface area contributed by atoms with E-state index < -0.39 is 15.9 Å². The van der Waals surface area contributed by atoms with E-state index in [2.05, 4.69) is 0 Å². The highest BCUT2D eigenvalue weighted by Gasteiger charge is 2.20. The average molecular weight is 445 g/mol. The number of hydrogen-bond donors (Lipinski definition) is 1. The molecule has 1 aromatic heterocycles. The van der Waals surface area contributed by atoms with Crippen molar-refractivity contribution in [3.8, 4) is 16.9 Å². The van der Waals surface area contributed by atoms with Crippen molar-refractivity contribution in [3.63, 3.8) is 0 Å². The second-order valence-corrected chi connectivity index (χ2v) is 8.92. The van der Waals surface area contributed by atoms with Crippen LogP contribution in [0.25, 0.3) is 16.9 Å². The molecule has 30 heavy (non-hydrogen) atoms. The quantitative estimate of drug-likeness (QED) is 0.566. The van der Waals surface area contributed by atoms with Crippen LogP contribution in [0.1, 0.15) is 36.3 Å². The number of carbonyl (C=O) groups excluding carboxylic acids is 2. The number of halogens is 1. The summed E-state index contributed by atoms with van der Waals surface area (Å²) in [6.45, 7) is 4.80. The molecule has 1 amide bonds. The molecular formula is C22H21ClN2O4S. The summed E-state index contributed by atoms with van der Waals surface area (Å²) in [5.41, 5.74) is 3.71. The predicted molar refractivity (Wildman–Crippen MR) is 117 cm³/mol. The number of nitrogens with one attached hydrogen (secondary N) is 1. The van der Waals surface area contributed by atoms with Gasteiger partial charge in [-0.3, -0.25) is 9.59 Å². The fourth-order valence-electron chi connectivity index (χ4n) is 3.27. The number of benzene rings is 2. The number of carbonyl (C=O) groups is 2. The first-order valence-electron chi connectivity index (χ1n) is 9.29. The minimum Gasteiger partial charge on any atom is -0.313 e. The average Bonchev–Trinajstić information content (AvgIpc) is 3.04. The zero-order valence-electron chi connectivity index (χ0n) is 16.8. The van der Waals surface area contributed by atoms with Gasteiger partial charge in [-0.05, 0) is 55.0 Å². The third kappa shape index (κ3) is 4.32. The van der Waals surface area contributed by atoms with Gasteiger partial charge in [0.1, 0.15) is 0 Å². The standard InChI is InChI=1S/C22H21ClN2O4S/c1-4-22(27)20-13-21(16-5-7-17(23)8-6-16)25(14(20)2)18-9-11-19(12-10-18)30(28,29)24-15(3)26/h5-13H,4H2,1-3H3,(H,24,26). The number of rotatable bonds is 6. The Bertz CT molecular complexity index is 1210. The van der Waals surface area contributed by atoms with Gasteiger partial charge in [0.05, 0.1) is 10.6 Å². The maximum absolute atomic E-state index is 12.5. The Kier molecular flexibility index (Phi) is 6.14. The maximum atomic E-state index is 12.5. The van der Waals surface area contributed by atoms with E-state index in [1.165, 1.54) is 12.1 Å². The van der Waals surface area contributed by atoms with Crippen LogP contribution in [-0.4, -0.2) is 24.7 Å². The summed E-state index contributed by atoms with van der Waals surface area (Å²) < 4.78 is 28.3. The highest BCUT2D eigenvalue weighted by Crippen LogP contribution is 2.31. The summed E-state index contributed by atoms with van der Waals surface area (Å²) in [6, 6.07) is 15.2. The van der Waals surface area contributed by atoms with Crippen molar-refractivity contribution >= 4 is 33.3 Å². The van der Waals surface area contributed by atoms with E-state index in [1.807, 2.05) is 41.3 Å². The molecule has 0 fully saturated rings. The van der Waals surface area contributed by atoms with Crippen LogP contribution in [-0.2, 0) is 14.8 Å². The topological polar surface area (TPSA) is 85.2 Å². The Morgan fingerprint density at radius 2 is 1.63 bits per heavy atom. The van der Waals surface area contributed by atoms with E-state index in [0.29, 0.717) is 22.7 Å². The lowest BCUT2D eigenvalue weighted by atomic mass is 10.1. The largest absolute Gasteiger partial charge is 0.313 e. The zero-order chi connectivity index (χ0) is 22.1. The van der Waals surface area contributed by atoms with Gasteiger partial charge >= 0.3 is 0 Å². The molecule has 1 N–H and O–H groups in total. The molecule has 0 atom stereocenters. The van der Waals surface area contributed by atoms with Gasteiger partial charge < -0.3 is 4.57 Å². The zero-order valence-corrected chi connectivity index (χ0v) is 18.3. The molecule has 0 aliphatic rings. The molecule has 0 saturated heterocycles. The molecule has 3 aromatic rings. The Morgan fingerprint density at radius 1 is 1.03 bits per heavy atom. The second-order valence-electron chi connectivity index (χ2n) is 6.80. The lowest BCUT2D eigenvalue weighted by Crippen LogP contribution is -2.28. The summed E-state index contributed by atoms with van der Waals surface area (Å²) in [5, 5.41) is 0.603. The number of aromatic nitrogens is 1. The van der Waals surface area contributed by atoms with E-state index in [-0.39, 0.29) is 10.7 Å².